The van der Waals surface area contributed by atoms with Crippen LogP contribution in [0.3, 0.4) is 0 Å². The smallest absolute Gasteiger partial charge is 0.427 e. The number of hydrogen-bond donors (Lipinski definition) is 1. The third kappa shape index (κ3) is 7.19. The lowest BCUT2D eigenvalue weighted by molar-refractivity contribution is -0.273. The van der Waals surface area contributed by atoms with E-state index in [4.69, 9.17) is 15.3 Å². The maximum Gasteiger partial charge on any atom is 0.427 e. The van der Waals surface area contributed by atoms with Crippen molar-refractivity contribution >= 4 is 11.8 Å². The molecule has 206 valence electrons. The number of amides is 2. The van der Waals surface area contributed by atoms with Crippen LogP contribution in [0.25, 0.3) is 0 Å². The number of imide groups is 1. The molecule has 0 aliphatic carbocycles. The maximum atomic E-state index is 14.2. The molecule has 1 aromatic heterocycles. The zero-order chi connectivity index (χ0) is 28.6. The van der Waals surface area contributed by atoms with Crippen molar-refractivity contribution in [2.24, 2.45) is 5.84 Å². The highest BCUT2D eigenvalue weighted by Gasteiger charge is 2.63. The van der Waals surface area contributed by atoms with E-state index < -0.39 is 59.9 Å². The molecule has 0 fully saturated rings. The molecule has 2 N–H and O–H groups in total. The molecule has 0 aliphatic heterocycles. The second-order valence-electron chi connectivity index (χ2n) is 7.90. The molecule has 38 heavy (non-hydrogen) atoms. The molecule has 0 aliphatic rings. The fraction of sp³-hybridized carbons (Fsp3) is 0.320. The lowest BCUT2D eigenvalue weighted by Gasteiger charge is -2.35. The van der Waals surface area contributed by atoms with Gasteiger partial charge in [-0.05, 0) is 30.5 Å². The Morgan fingerprint density at radius 1 is 1.00 bits per heavy atom. The summed E-state index contributed by atoms with van der Waals surface area (Å²) >= 11 is 0. The SMILES string of the molecule is C=CCCCOc1nc(C(=O)N(N)C(=O)C(CC=C)(OCc2ccccc2)C(F)(F)F)ccc1C(F)(F)F. The number of hydrazine groups is 1. The lowest BCUT2D eigenvalue weighted by atomic mass is 9.96. The van der Waals surface area contributed by atoms with E-state index in [2.05, 4.69) is 18.1 Å². The molecule has 0 bridgehead atoms. The van der Waals surface area contributed by atoms with Gasteiger partial charge in [-0.3, -0.25) is 9.59 Å². The molecule has 1 heterocycles. The van der Waals surface area contributed by atoms with E-state index in [1.54, 1.807) is 6.07 Å². The normalized spacial score (nSPS) is 13.3. The first-order chi connectivity index (χ1) is 17.8. The highest BCUT2D eigenvalue weighted by molar-refractivity contribution is 6.06. The van der Waals surface area contributed by atoms with Crippen LogP contribution in [-0.2, 0) is 22.3 Å². The largest absolute Gasteiger partial charge is 0.477 e. The van der Waals surface area contributed by atoms with Crippen molar-refractivity contribution in [1.29, 1.82) is 0 Å². The zero-order valence-corrected chi connectivity index (χ0v) is 20.0. The van der Waals surface area contributed by atoms with Crippen molar-refractivity contribution in [1.82, 2.24) is 9.99 Å². The standard InChI is InChI=1S/C25H25F6N3O4/c1-3-5-9-15-37-20-18(24(26,27)28)12-13-19(33-20)21(35)34(32)22(36)23(14-4-2,25(29,30)31)38-16-17-10-7-6-8-11-17/h3-4,6-8,10-13H,1-2,5,9,14-16,32H2. The summed E-state index contributed by atoms with van der Waals surface area (Å²) < 4.78 is 92.9. The van der Waals surface area contributed by atoms with Gasteiger partial charge in [0.25, 0.3) is 11.8 Å². The Bertz CT molecular complexity index is 1140. The Morgan fingerprint density at radius 3 is 2.21 bits per heavy atom. The quantitative estimate of drug-likeness (QED) is 0.0961. The summed E-state index contributed by atoms with van der Waals surface area (Å²) in [6.07, 6.45) is -8.43. The summed E-state index contributed by atoms with van der Waals surface area (Å²) in [6.45, 7) is 5.79. The average molecular weight is 545 g/mol. The topological polar surface area (TPSA) is 94.8 Å². The van der Waals surface area contributed by atoms with E-state index in [-0.39, 0.29) is 23.6 Å². The molecule has 1 aromatic carbocycles. The number of benzene rings is 1. The van der Waals surface area contributed by atoms with E-state index in [1.807, 2.05) is 0 Å². The molecular formula is C25H25F6N3O4. The highest BCUT2D eigenvalue weighted by atomic mass is 19.4. The lowest BCUT2D eigenvalue weighted by Crippen LogP contribution is -2.62. The second-order valence-corrected chi connectivity index (χ2v) is 7.90. The number of unbranched alkanes of at least 4 members (excludes halogenated alkanes) is 1. The van der Waals surface area contributed by atoms with Crippen LogP contribution >= 0.6 is 0 Å². The summed E-state index contributed by atoms with van der Waals surface area (Å²) in [5.74, 6) is 0.872. The fourth-order valence-electron chi connectivity index (χ4n) is 3.20. The van der Waals surface area contributed by atoms with E-state index in [0.29, 0.717) is 18.6 Å². The van der Waals surface area contributed by atoms with Crippen LogP contribution in [0.2, 0.25) is 0 Å². The van der Waals surface area contributed by atoms with E-state index in [1.165, 1.54) is 30.3 Å². The number of nitrogens with zero attached hydrogens (tertiary/aromatic N) is 2. The van der Waals surface area contributed by atoms with Crippen molar-refractivity contribution in [3.8, 4) is 5.88 Å². The third-order valence-corrected chi connectivity index (χ3v) is 5.18. The monoisotopic (exact) mass is 545 g/mol. The second kappa shape index (κ2) is 12.7. The van der Waals surface area contributed by atoms with E-state index >= 15 is 0 Å². The minimum atomic E-state index is -5.36. The van der Waals surface area contributed by atoms with Crippen LogP contribution in [0, 0.1) is 0 Å². The zero-order valence-electron chi connectivity index (χ0n) is 20.0. The number of carbonyl (C=O) groups is 2. The van der Waals surface area contributed by atoms with Crippen molar-refractivity contribution < 1.29 is 45.4 Å². The first-order valence-corrected chi connectivity index (χ1v) is 11.1. The van der Waals surface area contributed by atoms with Crippen LogP contribution in [0.1, 0.15) is 40.9 Å². The van der Waals surface area contributed by atoms with Gasteiger partial charge in [0.15, 0.2) is 0 Å². The Morgan fingerprint density at radius 2 is 1.66 bits per heavy atom. The van der Waals surface area contributed by atoms with Gasteiger partial charge in [-0.2, -0.15) is 26.3 Å². The molecule has 2 rings (SSSR count). The van der Waals surface area contributed by atoms with Gasteiger partial charge in [-0.25, -0.2) is 15.8 Å². The Labute approximate surface area is 214 Å². The van der Waals surface area contributed by atoms with Gasteiger partial charge < -0.3 is 9.47 Å². The summed E-state index contributed by atoms with van der Waals surface area (Å²) in [5.41, 5.74) is -5.52. The minimum Gasteiger partial charge on any atom is -0.477 e. The molecule has 0 saturated heterocycles. The number of pyridine rings is 1. The van der Waals surface area contributed by atoms with Gasteiger partial charge in [0.05, 0.1) is 13.2 Å². The molecule has 7 nitrogen and oxygen atoms in total. The van der Waals surface area contributed by atoms with E-state index in [0.717, 1.165) is 6.08 Å². The number of nitrogens with two attached hydrogens (primary N) is 1. The van der Waals surface area contributed by atoms with Gasteiger partial charge in [0.1, 0.15) is 11.3 Å². The van der Waals surface area contributed by atoms with Crippen LogP contribution in [0.5, 0.6) is 5.88 Å². The van der Waals surface area contributed by atoms with Gasteiger partial charge in [0.2, 0.25) is 11.5 Å². The fourth-order valence-corrected chi connectivity index (χ4v) is 3.20. The Balaban J connectivity index is 2.42. The molecule has 13 heteroatoms. The predicted octanol–water partition coefficient (Wildman–Crippen LogP) is 5.38. The predicted molar refractivity (Wildman–Crippen MR) is 124 cm³/mol. The van der Waals surface area contributed by atoms with Gasteiger partial charge in [-0.15, -0.1) is 13.2 Å². The number of halogens is 6. The Hall–Kier alpha value is -3.71. The number of alkyl halides is 6. The van der Waals surface area contributed by atoms with Crippen LogP contribution in [-0.4, -0.2) is 40.2 Å². The Kier molecular flexibility index (Phi) is 10.2. The summed E-state index contributed by atoms with van der Waals surface area (Å²) in [5, 5.41) is -0.390. The molecule has 2 aromatic rings. The van der Waals surface area contributed by atoms with Gasteiger partial charge >= 0.3 is 12.4 Å². The number of hydrogen-bond acceptors (Lipinski definition) is 6. The molecular weight excluding hydrogens is 520 g/mol. The van der Waals surface area contributed by atoms with E-state index in [9.17, 15) is 35.9 Å². The summed E-state index contributed by atoms with van der Waals surface area (Å²) in [4.78, 5) is 29.4. The first kappa shape index (κ1) is 30.5. The molecule has 2 amide bonds. The summed E-state index contributed by atoms with van der Waals surface area (Å²) in [6, 6.07) is 8.62. The highest BCUT2D eigenvalue weighted by Crippen LogP contribution is 2.40. The third-order valence-electron chi connectivity index (χ3n) is 5.18. The summed E-state index contributed by atoms with van der Waals surface area (Å²) in [7, 11) is 0. The molecule has 0 saturated carbocycles. The number of ether oxygens (including phenoxy) is 2. The molecule has 0 spiro atoms. The molecule has 0 radical (unpaired) electrons. The van der Waals surface area contributed by atoms with Crippen molar-refractivity contribution in [2.45, 2.75) is 43.8 Å². The number of aromatic nitrogens is 1. The van der Waals surface area contributed by atoms with Crippen molar-refractivity contribution in [3.63, 3.8) is 0 Å². The van der Waals surface area contributed by atoms with Crippen molar-refractivity contribution in [2.75, 3.05) is 6.61 Å². The van der Waals surface area contributed by atoms with Crippen LogP contribution in [0.4, 0.5) is 26.3 Å². The first-order valence-electron chi connectivity index (χ1n) is 11.1. The average Bonchev–Trinajstić information content (AvgIpc) is 2.87. The minimum absolute atomic E-state index is 0.227. The maximum absolute atomic E-state index is 14.2. The van der Waals surface area contributed by atoms with Gasteiger partial charge in [-0.1, -0.05) is 42.5 Å². The van der Waals surface area contributed by atoms with Crippen LogP contribution in [0.15, 0.2) is 67.8 Å². The number of allylic oxidation sites excluding steroid dienone is 1. The molecule has 1 atom stereocenters. The van der Waals surface area contributed by atoms with Crippen LogP contribution < -0.4 is 10.6 Å². The van der Waals surface area contributed by atoms with Crippen molar-refractivity contribution in [3.05, 3.63) is 84.6 Å². The number of rotatable bonds is 12. The van der Waals surface area contributed by atoms with Gasteiger partial charge in [0, 0.05) is 6.42 Å². The number of carbonyl (C=O) groups excluding carboxylic acids is 2. The molecule has 1 unspecified atom stereocenters.